The number of rotatable bonds is 8. The van der Waals surface area contributed by atoms with Gasteiger partial charge in [0.05, 0.1) is 12.0 Å². The molecule has 3 rings (SSSR count). The van der Waals surface area contributed by atoms with Gasteiger partial charge in [0, 0.05) is 17.7 Å². The number of hydrogen-bond donors (Lipinski definition) is 1. The number of nitrogens with one attached hydrogen (secondary N) is 1. The molecule has 0 aliphatic carbocycles. The van der Waals surface area contributed by atoms with Crippen LogP contribution in [0, 0.1) is 17.0 Å². The number of hydrogen-bond acceptors (Lipinski definition) is 6. The second-order valence-electron chi connectivity index (χ2n) is 7.10. The van der Waals surface area contributed by atoms with E-state index in [1.54, 1.807) is 74.7 Å². The average Bonchev–Trinajstić information content (AvgIpc) is 2.82. The van der Waals surface area contributed by atoms with Crippen molar-refractivity contribution in [3.05, 3.63) is 106 Å². The summed E-state index contributed by atoms with van der Waals surface area (Å²) in [6.45, 7) is 1.71. The molecule has 0 aliphatic heterocycles. The number of nitro benzene ring substituents is 1. The number of nitro groups is 1. The molecule has 1 atom stereocenters. The fraction of sp³-hybridized carbons (Fsp3) is 0.120. The summed E-state index contributed by atoms with van der Waals surface area (Å²) in [5.74, 6) is -0.830. The van der Waals surface area contributed by atoms with Crippen molar-refractivity contribution in [3.8, 4) is 5.75 Å². The highest BCUT2D eigenvalue weighted by molar-refractivity contribution is 5.99. The number of carbonyl (C=O) groups is 2. The van der Waals surface area contributed by atoms with Crippen molar-refractivity contribution < 1.29 is 24.0 Å². The minimum Gasteiger partial charge on any atom is -0.497 e. The number of ether oxygens (including phenoxy) is 2. The molecule has 0 fully saturated rings. The summed E-state index contributed by atoms with van der Waals surface area (Å²) in [6, 6.07) is 19.9. The van der Waals surface area contributed by atoms with Gasteiger partial charge in [0.2, 0.25) is 6.10 Å². The molecule has 0 saturated heterocycles. The van der Waals surface area contributed by atoms with E-state index >= 15 is 0 Å². The Labute approximate surface area is 190 Å². The number of aryl methyl sites for hydroxylation is 1. The summed E-state index contributed by atoms with van der Waals surface area (Å²) >= 11 is 0. The van der Waals surface area contributed by atoms with E-state index in [2.05, 4.69) is 5.32 Å². The lowest BCUT2D eigenvalue weighted by Crippen LogP contribution is -2.25. The molecule has 1 amide bonds. The lowest BCUT2D eigenvalue weighted by Gasteiger charge is -2.17. The molecule has 8 heteroatoms. The van der Waals surface area contributed by atoms with Crippen LogP contribution in [0.1, 0.15) is 22.8 Å². The fourth-order valence-electron chi connectivity index (χ4n) is 3.06. The number of methoxy groups -OCH3 is 1. The minimum atomic E-state index is -1.31. The Morgan fingerprint density at radius 1 is 1.03 bits per heavy atom. The van der Waals surface area contributed by atoms with Crippen LogP contribution in [-0.4, -0.2) is 23.9 Å². The lowest BCUT2D eigenvalue weighted by molar-refractivity contribution is -0.384. The summed E-state index contributed by atoms with van der Waals surface area (Å²) in [6.07, 6.45) is 1.43. The highest BCUT2D eigenvalue weighted by Gasteiger charge is 2.26. The predicted octanol–water partition coefficient (Wildman–Crippen LogP) is 4.85. The van der Waals surface area contributed by atoms with Gasteiger partial charge in [-0.3, -0.25) is 14.9 Å². The zero-order valence-corrected chi connectivity index (χ0v) is 18.1. The van der Waals surface area contributed by atoms with Crippen molar-refractivity contribution in [2.24, 2.45) is 0 Å². The molecular weight excluding hydrogens is 424 g/mol. The maximum Gasteiger partial charge on any atom is 0.331 e. The van der Waals surface area contributed by atoms with Crippen molar-refractivity contribution in [2.75, 3.05) is 12.4 Å². The van der Waals surface area contributed by atoms with Crippen molar-refractivity contribution in [1.29, 1.82) is 0 Å². The van der Waals surface area contributed by atoms with Crippen LogP contribution >= 0.6 is 0 Å². The first-order chi connectivity index (χ1) is 15.9. The van der Waals surface area contributed by atoms with E-state index in [1.165, 1.54) is 24.3 Å². The highest BCUT2D eigenvalue weighted by Crippen LogP contribution is 2.28. The molecule has 33 heavy (non-hydrogen) atoms. The van der Waals surface area contributed by atoms with Gasteiger partial charge in [-0.2, -0.15) is 0 Å². The smallest absolute Gasteiger partial charge is 0.331 e. The maximum atomic E-state index is 13.0. The summed E-state index contributed by atoms with van der Waals surface area (Å²) in [5.41, 5.74) is 1.57. The highest BCUT2D eigenvalue weighted by atomic mass is 16.6. The third-order valence-corrected chi connectivity index (χ3v) is 4.69. The van der Waals surface area contributed by atoms with Gasteiger partial charge in [0.1, 0.15) is 11.4 Å². The number of benzene rings is 3. The molecule has 0 aromatic heterocycles. The first kappa shape index (κ1) is 23.2. The monoisotopic (exact) mass is 446 g/mol. The van der Waals surface area contributed by atoms with Crippen LogP contribution in [-0.2, 0) is 14.3 Å². The number of esters is 1. The van der Waals surface area contributed by atoms with Crippen LogP contribution in [0.3, 0.4) is 0 Å². The molecule has 0 bridgehead atoms. The predicted molar refractivity (Wildman–Crippen MR) is 124 cm³/mol. The van der Waals surface area contributed by atoms with Gasteiger partial charge in [-0.05, 0) is 42.3 Å². The van der Waals surface area contributed by atoms with Gasteiger partial charge < -0.3 is 14.8 Å². The second-order valence-corrected chi connectivity index (χ2v) is 7.10. The Bertz CT molecular complexity index is 1190. The molecule has 3 aromatic rings. The average molecular weight is 446 g/mol. The molecule has 1 N–H and O–H groups in total. The van der Waals surface area contributed by atoms with Crippen LogP contribution < -0.4 is 10.1 Å². The van der Waals surface area contributed by atoms with Crippen molar-refractivity contribution in [2.45, 2.75) is 13.0 Å². The Kier molecular flexibility index (Phi) is 7.54. The normalized spacial score (nSPS) is 11.6. The lowest BCUT2D eigenvalue weighted by atomic mass is 10.1. The van der Waals surface area contributed by atoms with E-state index in [1.807, 2.05) is 0 Å². The topological polar surface area (TPSA) is 108 Å². The molecule has 3 aromatic carbocycles. The van der Waals surface area contributed by atoms with E-state index < -0.39 is 22.9 Å². The van der Waals surface area contributed by atoms with E-state index in [9.17, 15) is 19.7 Å². The van der Waals surface area contributed by atoms with Crippen LogP contribution in [0.25, 0.3) is 6.08 Å². The van der Waals surface area contributed by atoms with E-state index in [-0.39, 0.29) is 11.4 Å². The Balaban J connectivity index is 1.82. The number of amides is 1. The second kappa shape index (κ2) is 10.7. The number of anilines is 1. The Hall–Kier alpha value is -4.46. The Morgan fingerprint density at radius 3 is 2.48 bits per heavy atom. The zero-order valence-electron chi connectivity index (χ0n) is 18.1. The first-order valence-corrected chi connectivity index (χ1v) is 10.0. The maximum absolute atomic E-state index is 13.0. The molecule has 0 aliphatic rings. The van der Waals surface area contributed by atoms with Crippen LogP contribution in [0.2, 0.25) is 0 Å². The van der Waals surface area contributed by atoms with E-state index in [4.69, 9.17) is 9.47 Å². The first-order valence-electron chi connectivity index (χ1n) is 10.0. The molecule has 0 spiro atoms. The molecular formula is C25H22N2O6. The summed E-state index contributed by atoms with van der Waals surface area (Å²) in [4.78, 5) is 36.3. The number of nitrogens with zero attached hydrogens (tertiary/aromatic N) is 1. The van der Waals surface area contributed by atoms with Gasteiger partial charge in [0.25, 0.3) is 11.6 Å². The third kappa shape index (κ3) is 6.27. The molecule has 0 radical (unpaired) electrons. The van der Waals surface area contributed by atoms with Crippen molar-refractivity contribution in [3.63, 3.8) is 0 Å². The molecule has 8 nitrogen and oxygen atoms in total. The molecule has 1 unspecified atom stereocenters. The SMILES string of the molecule is COc1cccc(/C=C/C(=O)OC(C(=O)Nc2ccc(C)cc2[N+](=O)[O-])c2ccccc2)c1. The molecule has 0 saturated carbocycles. The van der Waals surface area contributed by atoms with Gasteiger partial charge in [-0.15, -0.1) is 0 Å². The van der Waals surface area contributed by atoms with Gasteiger partial charge >= 0.3 is 5.97 Å². The van der Waals surface area contributed by atoms with E-state index in [0.29, 0.717) is 22.4 Å². The fourth-order valence-corrected chi connectivity index (χ4v) is 3.06. The summed E-state index contributed by atoms with van der Waals surface area (Å²) in [5, 5.41) is 13.9. The van der Waals surface area contributed by atoms with Gasteiger partial charge in [0.15, 0.2) is 0 Å². The number of carbonyl (C=O) groups excluding carboxylic acids is 2. The van der Waals surface area contributed by atoms with Crippen molar-refractivity contribution in [1.82, 2.24) is 0 Å². The molecule has 168 valence electrons. The van der Waals surface area contributed by atoms with Gasteiger partial charge in [-0.25, -0.2) is 4.79 Å². The Morgan fingerprint density at radius 2 is 1.79 bits per heavy atom. The van der Waals surface area contributed by atoms with Crippen LogP contribution in [0.4, 0.5) is 11.4 Å². The summed E-state index contributed by atoms with van der Waals surface area (Å²) < 4.78 is 10.6. The standard InChI is InChI=1S/C25H22N2O6/c1-17-11-13-21(22(15-17)27(30)31)26-25(29)24(19-8-4-3-5-9-19)33-23(28)14-12-18-7-6-10-20(16-18)32-2/h3-16,24H,1-2H3,(H,26,29)/b14-12+. The quantitative estimate of drug-likeness (QED) is 0.229. The van der Waals surface area contributed by atoms with Crippen LogP contribution in [0.15, 0.2) is 78.9 Å². The van der Waals surface area contributed by atoms with Crippen LogP contribution in [0.5, 0.6) is 5.75 Å². The largest absolute Gasteiger partial charge is 0.497 e. The van der Waals surface area contributed by atoms with Crippen molar-refractivity contribution >= 4 is 29.3 Å². The summed E-state index contributed by atoms with van der Waals surface area (Å²) in [7, 11) is 1.54. The third-order valence-electron chi connectivity index (χ3n) is 4.69. The minimum absolute atomic E-state index is 0.0134. The molecule has 0 heterocycles. The zero-order chi connectivity index (χ0) is 23.8. The van der Waals surface area contributed by atoms with Gasteiger partial charge in [-0.1, -0.05) is 48.5 Å². The van der Waals surface area contributed by atoms with E-state index in [0.717, 1.165) is 0 Å².